The minimum absolute atomic E-state index is 0.0506. The van der Waals surface area contributed by atoms with Gasteiger partial charge in [-0.3, -0.25) is 0 Å². The van der Waals surface area contributed by atoms with Gasteiger partial charge in [-0.2, -0.15) is 0 Å². The third-order valence-corrected chi connectivity index (χ3v) is 3.86. The van der Waals surface area contributed by atoms with E-state index in [2.05, 4.69) is 51.1 Å². The average Bonchev–Trinajstić information content (AvgIpc) is 2.42. The van der Waals surface area contributed by atoms with Gasteiger partial charge in [-0.15, -0.1) is 0 Å². The van der Waals surface area contributed by atoms with Gasteiger partial charge in [0.2, 0.25) is 0 Å². The predicted octanol–water partition coefficient (Wildman–Crippen LogP) is 3.86. The highest BCUT2D eigenvalue weighted by atomic mass is 16.5. The molecule has 0 saturated heterocycles. The first-order chi connectivity index (χ1) is 9.52. The fourth-order valence-corrected chi connectivity index (χ4v) is 2.63. The number of methoxy groups -OCH3 is 1. The molecule has 20 heavy (non-hydrogen) atoms. The van der Waals surface area contributed by atoms with Crippen LogP contribution in [0.5, 0.6) is 5.75 Å². The van der Waals surface area contributed by atoms with Crippen molar-refractivity contribution in [2.45, 2.75) is 33.2 Å². The van der Waals surface area contributed by atoms with Crippen molar-refractivity contribution in [2.75, 3.05) is 7.11 Å². The molecule has 0 saturated carbocycles. The SMILES string of the molecule is COc1cc(C)ccc1C(N)Cc1c(C)cccc1C. The lowest BCUT2D eigenvalue weighted by Gasteiger charge is -2.18. The molecule has 0 aliphatic carbocycles. The highest BCUT2D eigenvalue weighted by Gasteiger charge is 2.14. The Hall–Kier alpha value is -1.80. The monoisotopic (exact) mass is 269 g/mol. The summed E-state index contributed by atoms with van der Waals surface area (Å²) in [6.45, 7) is 6.34. The molecule has 0 fully saturated rings. The number of hydrogen-bond acceptors (Lipinski definition) is 2. The van der Waals surface area contributed by atoms with E-state index in [-0.39, 0.29) is 6.04 Å². The lowest BCUT2D eigenvalue weighted by molar-refractivity contribution is 0.405. The van der Waals surface area contributed by atoms with E-state index in [0.29, 0.717) is 0 Å². The van der Waals surface area contributed by atoms with Crippen LogP contribution in [0.4, 0.5) is 0 Å². The third-order valence-electron chi connectivity index (χ3n) is 3.86. The first kappa shape index (κ1) is 14.6. The van der Waals surface area contributed by atoms with E-state index in [1.165, 1.54) is 22.3 Å². The first-order valence-electron chi connectivity index (χ1n) is 6.98. The van der Waals surface area contributed by atoms with Gasteiger partial charge in [0, 0.05) is 11.6 Å². The van der Waals surface area contributed by atoms with Gasteiger partial charge in [0.25, 0.3) is 0 Å². The first-order valence-corrected chi connectivity index (χ1v) is 6.98. The molecule has 106 valence electrons. The van der Waals surface area contributed by atoms with Gasteiger partial charge in [-0.05, 0) is 55.5 Å². The van der Waals surface area contributed by atoms with Crippen LogP contribution < -0.4 is 10.5 Å². The van der Waals surface area contributed by atoms with Crippen LogP contribution in [0.2, 0.25) is 0 Å². The fraction of sp³-hybridized carbons (Fsp3) is 0.333. The molecule has 0 bridgehead atoms. The minimum atomic E-state index is -0.0506. The van der Waals surface area contributed by atoms with Crippen molar-refractivity contribution in [3.05, 3.63) is 64.2 Å². The maximum atomic E-state index is 6.41. The van der Waals surface area contributed by atoms with E-state index in [1.54, 1.807) is 7.11 Å². The Kier molecular flexibility index (Phi) is 4.46. The molecule has 0 amide bonds. The molecule has 1 unspecified atom stereocenters. The number of benzene rings is 2. The molecule has 2 heteroatoms. The van der Waals surface area contributed by atoms with Crippen molar-refractivity contribution in [3.63, 3.8) is 0 Å². The van der Waals surface area contributed by atoms with Gasteiger partial charge in [-0.25, -0.2) is 0 Å². The second-order valence-corrected chi connectivity index (χ2v) is 5.43. The summed E-state index contributed by atoms with van der Waals surface area (Å²) in [6, 6.07) is 12.5. The lowest BCUT2D eigenvalue weighted by Crippen LogP contribution is -2.16. The Morgan fingerprint density at radius 3 is 2.30 bits per heavy atom. The summed E-state index contributed by atoms with van der Waals surface area (Å²) in [5.41, 5.74) is 12.6. The van der Waals surface area contributed by atoms with Gasteiger partial charge >= 0.3 is 0 Å². The smallest absolute Gasteiger partial charge is 0.123 e. The summed E-state index contributed by atoms with van der Waals surface area (Å²) < 4.78 is 5.47. The minimum Gasteiger partial charge on any atom is -0.496 e. The highest BCUT2D eigenvalue weighted by Crippen LogP contribution is 2.28. The molecular formula is C18H23NO. The van der Waals surface area contributed by atoms with Crippen LogP contribution in [0, 0.1) is 20.8 Å². The van der Waals surface area contributed by atoms with Crippen LogP contribution in [-0.4, -0.2) is 7.11 Å². The third kappa shape index (κ3) is 3.02. The molecule has 2 rings (SSSR count). The molecule has 2 aromatic carbocycles. The van der Waals surface area contributed by atoms with Gasteiger partial charge in [0.1, 0.15) is 5.75 Å². The summed E-state index contributed by atoms with van der Waals surface area (Å²) in [5, 5.41) is 0. The molecular weight excluding hydrogens is 246 g/mol. The van der Waals surface area contributed by atoms with Crippen LogP contribution in [0.15, 0.2) is 36.4 Å². The molecule has 1 atom stereocenters. The Bertz CT molecular complexity index is 584. The van der Waals surface area contributed by atoms with E-state index in [0.717, 1.165) is 17.7 Å². The van der Waals surface area contributed by atoms with Gasteiger partial charge in [0.05, 0.1) is 7.11 Å². The van der Waals surface area contributed by atoms with Crippen molar-refractivity contribution in [3.8, 4) is 5.75 Å². The summed E-state index contributed by atoms with van der Waals surface area (Å²) >= 11 is 0. The second-order valence-electron chi connectivity index (χ2n) is 5.43. The van der Waals surface area contributed by atoms with Crippen molar-refractivity contribution in [1.82, 2.24) is 0 Å². The van der Waals surface area contributed by atoms with E-state index in [4.69, 9.17) is 10.5 Å². The Morgan fingerprint density at radius 1 is 1.05 bits per heavy atom. The van der Waals surface area contributed by atoms with Crippen molar-refractivity contribution >= 4 is 0 Å². The average molecular weight is 269 g/mol. The molecule has 0 aliphatic heterocycles. The standard InChI is InChI=1S/C18H23NO/c1-12-8-9-15(18(10-12)20-4)17(19)11-16-13(2)6-5-7-14(16)3/h5-10,17H,11,19H2,1-4H3. The molecule has 0 aromatic heterocycles. The van der Waals surface area contributed by atoms with E-state index in [1.807, 2.05) is 6.07 Å². The van der Waals surface area contributed by atoms with Crippen molar-refractivity contribution in [1.29, 1.82) is 0 Å². The zero-order valence-corrected chi connectivity index (χ0v) is 12.7. The second kappa shape index (κ2) is 6.10. The Balaban J connectivity index is 2.31. The fourth-order valence-electron chi connectivity index (χ4n) is 2.63. The van der Waals surface area contributed by atoms with Crippen molar-refractivity contribution < 1.29 is 4.74 Å². The molecule has 0 aliphatic rings. The maximum Gasteiger partial charge on any atom is 0.123 e. The Labute approximate surface area is 121 Å². The Morgan fingerprint density at radius 2 is 1.70 bits per heavy atom. The largest absolute Gasteiger partial charge is 0.496 e. The topological polar surface area (TPSA) is 35.2 Å². The number of nitrogens with two attached hydrogens (primary N) is 1. The van der Waals surface area contributed by atoms with Gasteiger partial charge in [0.15, 0.2) is 0 Å². The molecule has 0 radical (unpaired) electrons. The maximum absolute atomic E-state index is 6.41. The summed E-state index contributed by atoms with van der Waals surface area (Å²) in [7, 11) is 1.70. The lowest BCUT2D eigenvalue weighted by atomic mass is 9.92. The van der Waals surface area contributed by atoms with E-state index >= 15 is 0 Å². The zero-order valence-electron chi connectivity index (χ0n) is 12.7. The van der Waals surface area contributed by atoms with E-state index in [9.17, 15) is 0 Å². The molecule has 2 aromatic rings. The predicted molar refractivity (Wildman–Crippen MR) is 84.3 cm³/mol. The normalized spacial score (nSPS) is 12.2. The van der Waals surface area contributed by atoms with Crippen LogP contribution >= 0.6 is 0 Å². The number of hydrogen-bond donors (Lipinski definition) is 1. The number of ether oxygens (including phenoxy) is 1. The molecule has 2 N–H and O–H groups in total. The summed E-state index contributed by atoms with van der Waals surface area (Å²) in [4.78, 5) is 0. The van der Waals surface area contributed by atoms with Gasteiger partial charge < -0.3 is 10.5 Å². The van der Waals surface area contributed by atoms with Gasteiger partial charge in [-0.1, -0.05) is 30.3 Å². The highest BCUT2D eigenvalue weighted by molar-refractivity contribution is 5.41. The summed E-state index contributed by atoms with van der Waals surface area (Å²) in [5.74, 6) is 0.878. The van der Waals surface area contributed by atoms with Crippen LogP contribution in [0.3, 0.4) is 0 Å². The number of aryl methyl sites for hydroxylation is 3. The summed E-state index contributed by atoms with van der Waals surface area (Å²) in [6.07, 6.45) is 0.831. The van der Waals surface area contributed by atoms with Crippen LogP contribution in [0.1, 0.15) is 33.9 Å². The van der Waals surface area contributed by atoms with Crippen molar-refractivity contribution in [2.24, 2.45) is 5.73 Å². The molecule has 0 spiro atoms. The number of rotatable bonds is 4. The van der Waals surface area contributed by atoms with E-state index < -0.39 is 0 Å². The molecule has 0 heterocycles. The quantitative estimate of drug-likeness (QED) is 0.914. The zero-order chi connectivity index (χ0) is 14.7. The van der Waals surface area contributed by atoms with Crippen LogP contribution in [0.25, 0.3) is 0 Å². The molecule has 2 nitrogen and oxygen atoms in total. The van der Waals surface area contributed by atoms with Crippen LogP contribution in [-0.2, 0) is 6.42 Å².